The van der Waals surface area contributed by atoms with Crippen molar-refractivity contribution in [2.24, 2.45) is 0 Å². The lowest BCUT2D eigenvalue weighted by Crippen LogP contribution is -2.46. The van der Waals surface area contributed by atoms with E-state index < -0.39 is 16.5 Å². The molecule has 0 bridgehead atoms. The average Bonchev–Trinajstić information content (AvgIpc) is 2.28. The minimum absolute atomic E-state index is 0.338. The maximum atomic E-state index is 3.80. The van der Waals surface area contributed by atoms with Gasteiger partial charge in [0, 0.05) is 11.4 Å². The van der Waals surface area contributed by atoms with Crippen molar-refractivity contribution in [2.45, 2.75) is 77.8 Å². The van der Waals surface area contributed by atoms with Crippen molar-refractivity contribution < 1.29 is 0 Å². The molecular formula is C18H36N2Si2. The molecule has 0 spiro atoms. The summed E-state index contributed by atoms with van der Waals surface area (Å²) in [5, 5.41) is 0.677. The molecular weight excluding hydrogens is 300 g/mol. The van der Waals surface area contributed by atoms with Gasteiger partial charge < -0.3 is 9.96 Å². The van der Waals surface area contributed by atoms with E-state index in [0.717, 1.165) is 0 Å². The number of rotatable bonds is 4. The first-order valence-electron chi connectivity index (χ1n) is 8.32. The van der Waals surface area contributed by atoms with Crippen LogP contribution in [0.2, 0.25) is 36.3 Å². The first-order chi connectivity index (χ1) is 9.66. The van der Waals surface area contributed by atoms with Crippen LogP contribution < -0.4 is 9.96 Å². The third-order valence-corrected chi connectivity index (χ3v) is 14.9. The van der Waals surface area contributed by atoms with E-state index in [9.17, 15) is 0 Å². The third kappa shape index (κ3) is 4.62. The highest BCUT2D eigenvalue weighted by Gasteiger charge is 2.36. The van der Waals surface area contributed by atoms with Gasteiger partial charge >= 0.3 is 0 Å². The van der Waals surface area contributed by atoms with Gasteiger partial charge in [0.1, 0.15) is 0 Å². The number of hydrogen-bond acceptors (Lipinski definition) is 2. The van der Waals surface area contributed by atoms with E-state index >= 15 is 0 Å². The molecule has 0 aromatic heterocycles. The Morgan fingerprint density at radius 3 is 1.00 bits per heavy atom. The molecule has 4 heteroatoms. The minimum Gasteiger partial charge on any atom is -0.410 e. The number of benzene rings is 1. The molecule has 1 aromatic carbocycles. The van der Waals surface area contributed by atoms with Crippen LogP contribution in [0, 0.1) is 0 Å². The summed E-state index contributed by atoms with van der Waals surface area (Å²) >= 11 is 0. The predicted octanol–water partition coefficient (Wildman–Crippen LogP) is 6.52. The molecule has 0 saturated carbocycles. The van der Waals surface area contributed by atoms with Gasteiger partial charge in [-0.2, -0.15) is 0 Å². The fourth-order valence-electron chi connectivity index (χ4n) is 1.73. The standard InChI is InChI=1S/C18H36N2Si2/c1-17(2,3)21(7,8)19-15-11-13-16(14-12-15)20-22(9,10)18(4,5)6/h11-14,19-20H,1-10H3. The van der Waals surface area contributed by atoms with Gasteiger partial charge in [-0.05, 0) is 34.3 Å². The number of nitrogens with one attached hydrogen (secondary N) is 2. The molecule has 126 valence electrons. The molecule has 0 aliphatic heterocycles. The van der Waals surface area contributed by atoms with Gasteiger partial charge in [-0.15, -0.1) is 0 Å². The topological polar surface area (TPSA) is 24.1 Å². The molecule has 0 radical (unpaired) electrons. The second-order valence-electron chi connectivity index (χ2n) is 9.58. The lowest BCUT2D eigenvalue weighted by Gasteiger charge is -2.39. The van der Waals surface area contributed by atoms with Crippen LogP contribution in [0.5, 0.6) is 0 Å². The summed E-state index contributed by atoms with van der Waals surface area (Å²) in [6.07, 6.45) is 0. The quantitative estimate of drug-likeness (QED) is 0.611. The monoisotopic (exact) mass is 336 g/mol. The summed E-state index contributed by atoms with van der Waals surface area (Å²) in [4.78, 5) is 7.60. The Morgan fingerprint density at radius 2 is 0.818 bits per heavy atom. The Labute approximate surface area is 140 Å². The smallest absolute Gasteiger partial charge is 0.152 e. The number of anilines is 2. The molecule has 0 saturated heterocycles. The van der Waals surface area contributed by atoms with Crippen LogP contribution in [0.1, 0.15) is 41.5 Å². The van der Waals surface area contributed by atoms with Gasteiger partial charge in [-0.3, -0.25) is 0 Å². The van der Waals surface area contributed by atoms with Crippen LogP contribution in [-0.4, -0.2) is 16.5 Å². The third-order valence-electron chi connectivity index (χ3n) is 5.55. The highest BCUT2D eigenvalue weighted by Crippen LogP contribution is 2.38. The normalized spacial score (nSPS) is 13.9. The van der Waals surface area contributed by atoms with Crippen molar-refractivity contribution in [1.82, 2.24) is 0 Å². The zero-order valence-electron chi connectivity index (χ0n) is 16.3. The highest BCUT2D eigenvalue weighted by molar-refractivity contribution is 6.83. The van der Waals surface area contributed by atoms with E-state index in [4.69, 9.17) is 0 Å². The summed E-state index contributed by atoms with van der Waals surface area (Å²) in [5.74, 6) is 0. The van der Waals surface area contributed by atoms with Crippen molar-refractivity contribution in [3.05, 3.63) is 24.3 Å². The summed E-state index contributed by atoms with van der Waals surface area (Å²) in [7, 11) is -3.00. The van der Waals surface area contributed by atoms with Crippen molar-refractivity contribution in [3.63, 3.8) is 0 Å². The van der Waals surface area contributed by atoms with Crippen LogP contribution in [0.15, 0.2) is 24.3 Å². The molecule has 2 nitrogen and oxygen atoms in total. The fourth-order valence-corrected chi connectivity index (χ4v) is 4.26. The fraction of sp³-hybridized carbons (Fsp3) is 0.667. The van der Waals surface area contributed by atoms with E-state index in [1.807, 2.05) is 0 Å². The van der Waals surface area contributed by atoms with E-state index in [1.165, 1.54) is 11.4 Å². The SMILES string of the molecule is CC(C)(C)[Si](C)(C)Nc1ccc(N[Si](C)(C)C(C)(C)C)cc1. The Bertz CT molecular complexity index is 444. The second kappa shape index (κ2) is 6.04. The summed E-state index contributed by atoms with van der Waals surface area (Å²) in [6.45, 7) is 23.6. The summed E-state index contributed by atoms with van der Waals surface area (Å²) < 4.78 is 0. The van der Waals surface area contributed by atoms with Gasteiger partial charge in [0.25, 0.3) is 0 Å². The molecule has 1 aromatic rings. The Balaban J connectivity index is 2.85. The van der Waals surface area contributed by atoms with Crippen LogP contribution in [-0.2, 0) is 0 Å². The van der Waals surface area contributed by atoms with Crippen LogP contribution in [0.25, 0.3) is 0 Å². The van der Waals surface area contributed by atoms with Crippen LogP contribution >= 0.6 is 0 Å². The largest absolute Gasteiger partial charge is 0.410 e. The van der Waals surface area contributed by atoms with Crippen molar-refractivity contribution in [1.29, 1.82) is 0 Å². The number of hydrogen-bond donors (Lipinski definition) is 2. The molecule has 1 rings (SSSR count). The Kier molecular flexibility index (Phi) is 5.30. The van der Waals surface area contributed by atoms with E-state index in [0.29, 0.717) is 10.1 Å². The first kappa shape index (κ1) is 19.3. The second-order valence-corrected chi connectivity index (χ2v) is 19.6. The van der Waals surface area contributed by atoms with Crippen LogP contribution in [0.3, 0.4) is 0 Å². The molecule has 0 heterocycles. The average molecular weight is 337 g/mol. The van der Waals surface area contributed by atoms with E-state index in [2.05, 4.69) is 102 Å². The molecule has 2 N–H and O–H groups in total. The maximum absolute atomic E-state index is 3.80. The highest BCUT2D eigenvalue weighted by atomic mass is 28.3. The molecule has 0 fully saturated rings. The molecule has 0 unspecified atom stereocenters. The van der Waals surface area contributed by atoms with Gasteiger partial charge in [-0.1, -0.05) is 67.7 Å². The van der Waals surface area contributed by atoms with Crippen molar-refractivity contribution in [2.75, 3.05) is 9.96 Å². The maximum Gasteiger partial charge on any atom is 0.152 e. The van der Waals surface area contributed by atoms with Gasteiger partial charge in [0.05, 0.1) is 0 Å². The molecule has 0 atom stereocenters. The molecule has 0 amide bonds. The molecule has 0 aliphatic carbocycles. The van der Waals surface area contributed by atoms with Gasteiger partial charge in [0.2, 0.25) is 0 Å². The molecule has 0 aliphatic rings. The first-order valence-corrected chi connectivity index (χ1v) is 14.3. The van der Waals surface area contributed by atoms with E-state index in [1.54, 1.807) is 0 Å². The molecule has 22 heavy (non-hydrogen) atoms. The zero-order valence-corrected chi connectivity index (χ0v) is 18.3. The summed E-state index contributed by atoms with van der Waals surface area (Å²) in [6, 6.07) is 8.87. The Hall–Kier alpha value is -0.746. The van der Waals surface area contributed by atoms with Crippen molar-refractivity contribution >= 4 is 27.8 Å². The lowest BCUT2D eigenvalue weighted by atomic mass is 10.2. The Morgan fingerprint density at radius 1 is 0.591 bits per heavy atom. The zero-order chi connectivity index (χ0) is 17.4. The van der Waals surface area contributed by atoms with Crippen LogP contribution in [0.4, 0.5) is 11.4 Å². The van der Waals surface area contributed by atoms with Gasteiger partial charge in [0.15, 0.2) is 16.5 Å². The predicted molar refractivity (Wildman–Crippen MR) is 108 cm³/mol. The lowest BCUT2D eigenvalue weighted by molar-refractivity contribution is 0.723. The van der Waals surface area contributed by atoms with Crippen molar-refractivity contribution in [3.8, 4) is 0 Å². The minimum atomic E-state index is -1.50. The van der Waals surface area contributed by atoms with Gasteiger partial charge in [-0.25, -0.2) is 0 Å². The summed E-state index contributed by atoms with van der Waals surface area (Å²) in [5.41, 5.74) is 2.49. The van der Waals surface area contributed by atoms with E-state index in [-0.39, 0.29) is 0 Å².